The summed E-state index contributed by atoms with van der Waals surface area (Å²) in [5, 5.41) is 3.73. The third-order valence-electron chi connectivity index (χ3n) is 4.81. The predicted octanol–water partition coefficient (Wildman–Crippen LogP) is 2.89. The lowest BCUT2D eigenvalue weighted by atomic mass is 9.96. The van der Waals surface area contributed by atoms with E-state index < -0.39 is 0 Å². The van der Waals surface area contributed by atoms with Gasteiger partial charge in [0.05, 0.1) is 0 Å². The quantitative estimate of drug-likeness (QED) is 0.810. The molecule has 1 heterocycles. The fraction of sp³-hybridized carbons (Fsp3) is 1.00. The van der Waals surface area contributed by atoms with E-state index in [1.807, 2.05) is 0 Å². The highest BCUT2D eigenvalue weighted by Gasteiger charge is 2.30. The van der Waals surface area contributed by atoms with Gasteiger partial charge in [-0.15, -0.1) is 0 Å². The minimum absolute atomic E-state index is 0.708. The minimum Gasteiger partial charge on any atom is -0.311 e. The molecule has 100 valence electrons. The molecule has 17 heavy (non-hydrogen) atoms. The van der Waals surface area contributed by atoms with E-state index in [0.29, 0.717) is 6.04 Å². The van der Waals surface area contributed by atoms with Crippen molar-refractivity contribution in [1.29, 1.82) is 0 Å². The zero-order chi connectivity index (χ0) is 12.3. The van der Waals surface area contributed by atoms with E-state index in [-0.39, 0.29) is 0 Å². The molecule has 0 bridgehead atoms. The lowest BCUT2D eigenvalue weighted by Crippen LogP contribution is -2.58. The lowest BCUT2D eigenvalue weighted by Gasteiger charge is -2.42. The minimum atomic E-state index is 0.708. The molecule has 2 nitrogen and oxygen atoms in total. The van der Waals surface area contributed by atoms with E-state index in [9.17, 15) is 0 Å². The number of nitrogens with zero attached hydrogens (tertiary/aromatic N) is 1. The van der Waals surface area contributed by atoms with E-state index in [1.165, 1.54) is 51.7 Å². The highest BCUT2D eigenvalue weighted by Crippen LogP contribution is 2.27. The Labute approximate surface area is 107 Å². The van der Waals surface area contributed by atoms with Gasteiger partial charge >= 0.3 is 0 Å². The number of hydrogen-bond acceptors (Lipinski definition) is 2. The van der Waals surface area contributed by atoms with Crippen LogP contribution in [0.3, 0.4) is 0 Å². The number of rotatable bonds is 4. The average Bonchev–Trinajstić information content (AvgIpc) is 2.81. The molecule has 2 aliphatic rings. The van der Waals surface area contributed by atoms with Crippen LogP contribution < -0.4 is 5.32 Å². The van der Waals surface area contributed by atoms with Crippen molar-refractivity contribution in [3.8, 4) is 0 Å². The highest BCUT2D eigenvalue weighted by atomic mass is 15.2. The largest absolute Gasteiger partial charge is 0.311 e. The smallest absolute Gasteiger partial charge is 0.0218 e. The van der Waals surface area contributed by atoms with Gasteiger partial charge in [0.2, 0.25) is 0 Å². The molecular weight excluding hydrogens is 208 g/mol. The van der Waals surface area contributed by atoms with Crippen LogP contribution in [0.2, 0.25) is 0 Å². The summed E-state index contributed by atoms with van der Waals surface area (Å²) in [6.45, 7) is 10.9. The van der Waals surface area contributed by atoms with Crippen LogP contribution in [0.4, 0.5) is 0 Å². The molecule has 1 saturated carbocycles. The van der Waals surface area contributed by atoms with Gasteiger partial charge in [0.15, 0.2) is 0 Å². The van der Waals surface area contributed by atoms with Crippen LogP contribution in [-0.2, 0) is 0 Å². The average molecular weight is 238 g/mol. The van der Waals surface area contributed by atoms with Gasteiger partial charge in [-0.1, -0.05) is 33.6 Å². The molecular formula is C15H30N2. The van der Waals surface area contributed by atoms with E-state index in [0.717, 1.165) is 17.9 Å². The molecule has 2 heteroatoms. The van der Waals surface area contributed by atoms with Gasteiger partial charge in [-0.05, 0) is 31.1 Å². The second kappa shape index (κ2) is 6.19. The highest BCUT2D eigenvalue weighted by molar-refractivity contribution is 4.88. The van der Waals surface area contributed by atoms with Crippen molar-refractivity contribution in [3.05, 3.63) is 0 Å². The van der Waals surface area contributed by atoms with Gasteiger partial charge in [-0.25, -0.2) is 0 Å². The van der Waals surface area contributed by atoms with Crippen molar-refractivity contribution in [2.75, 3.05) is 19.6 Å². The molecule has 0 aromatic heterocycles. The van der Waals surface area contributed by atoms with Crippen LogP contribution in [0.25, 0.3) is 0 Å². The van der Waals surface area contributed by atoms with Crippen LogP contribution >= 0.6 is 0 Å². The van der Waals surface area contributed by atoms with Gasteiger partial charge in [-0.3, -0.25) is 4.90 Å². The van der Waals surface area contributed by atoms with Gasteiger partial charge in [0.1, 0.15) is 0 Å². The molecule has 0 aromatic rings. The monoisotopic (exact) mass is 238 g/mol. The summed E-state index contributed by atoms with van der Waals surface area (Å²) in [5.74, 6) is 1.76. The summed E-state index contributed by atoms with van der Waals surface area (Å²) in [6, 6.07) is 1.49. The van der Waals surface area contributed by atoms with E-state index in [1.54, 1.807) is 0 Å². The van der Waals surface area contributed by atoms with Crippen LogP contribution in [-0.4, -0.2) is 36.6 Å². The first-order valence-electron chi connectivity index (χ1n) is 7.68. The predicted molar refractivity (Wildman–Crippen MR) is 74.2 cm³/mol. The topological polar surface area (TPSA) is 15.3 Å². The fourth-order valence-corrected chi connectivity index (χ4v) is 3.48. The van der Waals surface area contributed by atoms with Gasteiger partial charge in [-0.2, -0.15) is 0 Å². The zero-order valence-corrected chi connectivity index (χ0v) is 11.9. The van der Waals surface area contributed by atoms with E-state index in [2.05, 4.69) is 31.0 Å². The summed E-state index contributed by atoms with van der Waals surface area (Å²) in [4.78, 5) is 2.79. The fourth-order valence-electron chi connectivity index (χ4n) is 3.48. The first-order valence-corrected chi connectivity index (χ1v) is 7.68. The SMILES string of the molecule is CCC1CNC(C(C)C)CN1CC1CCCC1. The summed E-state index contributed by atoms with van der Waals surface area (Å²) in [5.41, 5.74) is 0. The maximum Gasteiger partial charge on any atom is 0.0218 e. The molecule has 1 N–H and O–H groups in total. The molecule has 2 fully saturated rings. The van der Waals surface area contributed by atoms with Gasteiger partial charge in [0, 0.05) is 31.7 Å². The maximum absolute atomic E-state index is 3.73. The van der Waals surface area contributed by atoms with Crippen LogP contribution in [0.1, 0.15) is 52.9 Å². The molecule has 1 saturated heterocycles. The third kappa shape index (κ3) is 3.45. The molecule has 0 amide bonds. The summed E-state index contributed by atoms with van der Waals surface area (Å²) in [7, 11) is 0. The third-order valence-corrected chi connectivity index (χ3v) is 4.81. The van der Waals surface area contributed by atoms with Crippen molar-refractivity contribution >= 4 is 0 Å². The molecule has 2 rings (SSSR count). The summed E-state index contributed by atoms with van der Waals surface area (Å²) >= 11 is 0. The summed E-state index contributed by atoms with van der Waals surface area (Å²) < 4.78 is 0. The first-order chi connectivity index (χ1) is 8.20. The second-order valence-corrected chi connectivity index (χ2v) is 6.43. The molecule has 0 radical (unpaired) electrons. The van der Waals surface area contributed by atoms with Crippen molar-refractivity contribution in [3.63, 3.8) is 0 Å². The molecule has 1 aliphatic heterocycles. The Bertz CT molecular complexity index is 219. The number of piperazine rings is 1. The number of hydrogen-bond donors (Lipinski definition) is 1. The Morgan fingerprint density at radius 1 is 1.24 bits per heavy atom. The van der Waals surface area contributed by atoms with Crippen LogP contribution in [0.15, 0.2) is 0 Å². The maximum atomic E-state index is 3.73. The Balaban J connectivity index is 1.89. The Morgan fingerprint density at radius 3 is 2.53 bits per heavy atom. The van der Waals surface area contributed by atoms with Gasteiger partial charge in [0.25, 0.3) is 0 Å². The first kappa shape index (κ1) is 13.4. The normalized spacial score (nSPS) is 32.5. The lowest BCUT2D eigenvalue weighted by molar-refractivity contribution is 0.0936. The van der Waals surface area contributed by atoms with Crippen molar-refractivity contribution in [2.45, 2.75) is 65.0 Å². The van der Waals surface area contributed by atoms with Crippen molar-refractivity contribution in [1.82, 2.24) is 10.2 Å². The Kier molecular flexibility index (Phi) is 4.87. The van der Waals surface area contributed by atoms with Crippen molar-refractivity contribution in [2.24, 2.45) is 11.8 Å². The zero-order valence-electron chi connectivity index (χ0n) is 11.9. The Morgan fingerprint density at radius 2 is 1.94 bits per heavy atom. The van der Waals surface area contributed by atoms with E-state index >= 15 is 0 Å². The second-order valence-electron chi connectivity index (χ2n) is 6.43. The van der Waals surface area contributed by atoms with Crippen LogP contribution in [0, 0.1) is 11.8 Å². The number of nitrogens with one attached hydrogen (secondary N) is 1. The van der Waals surface area contributed by atoms with E-state index in [4.69, 9.17) is 0 Å². The molecule has 0 spiro atoms. The standard InChI is InChI=1S/C15H30N2/c1-4-14-9-16-15(12(2)3)11-17(14)10-13-7-5-6-8-13/h12-16H,4-11H2,1-3H3. The van der Waals surface area contributed by atoms with Crippen LogP contribution in [0.5, 0.6) is 0 Å². The molecule has 1 aliphatic carbocycles. The Hall–Kier alpha value is -0.0800. The molecule has 2 atom stereocenters. The van der Waals surface area contributed by atoms with Gasteiger partial charge < -0.3 is 5.32 Å². The van der Waals surface area contributed by atoms with Crippen molar-refractivity contribution < 1.29 is 0 Å². The molecule has 2 unspecified atom stereocenters. The molecule has 0 aromatic carbocycles. The summed E-state index contributed by atoms with van der Waals surface area (Å²) in [6.07, 6.45) is 7.20.